The fraction of sp³-hybridized carbons (Fsp3) is 0.529. The monoisotopic (exact) mass is 329 g/mol. The quantitative estimate of drug-likeness (QED) is 0.927. The normalized spacial score (nSPS) is 17.3. The summed E-state index contributed by atoms with van der Waals surface area (Å²) in [5.41, 5.74) is 2.57. The van der Waals surface area contributed by atoms with Crippen LogP contribution < -0.4 is 5.32 Å². The van der Waals surface area contributed by atoms with E-state index in [0.29, 0.717) is 18.0 Å². The van der Waals surface area contributed by atoms with Gasteiger partial charge in [-0.1, -0.05) is 5.16 Å². The summed E-state index contributed by atoms with van der Waals surface area (Å²) in [6.45, 7) is 6.34. The van der Waals surface area contributed by atoms with Gasteiger partial charge in [-0.3, -0.25) is 4.79 Å². The molecule has 3 heterocycles. The molecule has 0 bridgehead atoms. The third-order valence-electron chi connectivity index (χ3n) is 4.54. The summed E-state index contributed by atoms with van der Waals surface area (Å²) in [4.78, 5) is 23.6. The van der Waals surface area contributed by atoms with Crippen LogP contribution in [0, 0.1) is 20.8 Å². The molecule has 1 fully saturated rings. The van der Waals surface area contributed by atoms with Gasteiger partial charge in [0.1, 0.15) is 17.4 Å². The Kier molecular flexibility index (Phi) is 4.51. The molecule has 1 amide bonds. The molecule has 0 aliphatic carbocycles. The van der Waals surface area contributed by atoms with Gasteiger partial charge in [-0.25, -0.2) is 9.97 Å². The Labute approximate surface area is 141 Å². The van der Waals surface area contributed by atoms with Crippen LogP contribution in [0.2, 0.25) is 0 Å². The smallest absolute Gasteiger partial charge is 0.227 e. The summed E-state index contributed by atoms with van der Waals surface area (Å²) in [5, 5.41) is 6.98. The molecule has 3 rings (SSSR count). The molecule has 0 saturated carbocycles. The summed E-state index contributed by atoms with van der Waals surface area (Å²) < 4.78 is 5.17. The van der Waals surface area contributed by atoms with Crippen LogP contribution in [0.5, 0.6) is 0 Å². The second kappa shape index (κ2) is 6.59. The van der Waals surface area contributed by atoms with Gasteiger partial charge < -0.3 is 14.7 Å². The second-order valence-corrected chi connectivity index (χ2v) is 6.20. The van der Waals surface area contributed by atoms with Crippen molar-refractivity contribution in [2.24, 2.45) is 0 Å². The Bertz CT molecular complexity index is 736. The average molecular weight is 329 g/mol. The molecule has 1 unspecified atom stereocenters. The molecule has 2 aromatic heterocycles. The third kappa shape index (κ3) is 3.11. The summed E-state index contributed by atoms with van der Waals surface area (Å²) in [6.07, 6.45) is 2.23. The Morgan fingerprint density at radius 2 is 2.17 bits per heavy atom. The van der Waals surface area contributed by atoms with Crippen molar-refractivity contribution in [2.75, 3.05) is 18.9 Å². The number of aromatic nitrogens is 3. The van der Waals surface area contributed by atoms with Crippen LogP contribution in [-0.4, -0.2) is 39.5 Å². The van der Waals surface area contributed by atoms with Crippen molar-refractivity contribution in [3.05, 3.63) is 34.6 Å². The first-order valence-electron chi connectivity index (χ1n) is 8.24. The van der Waals surface area contributed by atoms with E-state index in [-0.39, 0.29) is 11.9 Å². The van der Waals surface area contributed by atoms with Gasteiger partial charge in [0.2, 0.25) is 5.91 Å². The van der Waals surface area contributed by atoms with Crippen LogP contribution in [-0.2, 0) is 11.2 Å². The highest BCUT2D eigenvalue weighted by molar-refractivity contribution is 5.80. The lowest BCUT2D eigenvalue weighted by atomic mass is 10.1. The topological polar surface area (TPSA) is 84.2 Å². The molecule has 1 N–H and O–H groups in total. The molecular formula is C17H23N5O2. The maximum absolute atomic E-state index is 12.8. The lowest BCUT2D eigenvalue weighted by Gasteiger charge is -2.25. The fourth-order valence-corrected chi connectivity index (χ4v) is 3.27. The Balaban J connectivity index is 1.83. The zero-order chi connectivity index (χ0) is 17.3. The SMILES string of the molecule is CNc1cc(C2CCCN2C(=O)Cc2c(C)noc2C)nc(C)n1. The van der Waals surface area contributed by atoms with Gasteiger partial charge >= 0.3 is 0 Å². The molecule has 0 aromatic carbocycles. The van der Waals surface area contributed by atoms with Gasteiger partial charge in [0.05, 0.1) is 23.9 Å². The van der Waals surface area contributed by atoms with E-state index >= 15 is 0 Å². The largest absolute Gasteiger partial charge is 0.373 e. The van der Waals surface area contributed by atoms with Gasteiger partial charge in [-0.15, -0.1) is 0 Å². The van der Waals surface area contributed by atoms with Crippen molar-refractivity contribution in [1.82, 2.24) is 20.0 Å². The van der Waals surface area contributed by atoms with Crippen LogP contribution in [0.4, 0.5) is 5.82 Å². The Hall–Kier alpha value is -2.44. The van der Waals surface area contributed by atoms with Crippen molar-refractivity contribution in [2.45, 2.75) is 46.1 Å². The van der Waals surface area contributed by atoms with E-state index in [1.807, 2.05) is 38.8 Å². The molecule has 24 heavy (non-hydrogen) atoms. The maximum Gasteiger partial charge on any atom is 0.227 e. The minimum Gasteiger partial charge on any atom is -0.373 e. The number of nitrogens with zero attached hydrogens (tertiary/aromatic N) is 4. The van der Waals surface area contributed by atoms with Crippen molar-refractivity contribution in [1.29, 1.82) is 0 Å². The van der Waals surface area contributed by atoms with Gasteiger partial charge in [0.15, 0.2) is 0 Å². The molecule has 0 spiro atoms. The predicted octanol–water partition coefficient (Wildman–Crippen LogP) is 2.34. The van der Waals surface area contributed by atoms with Crippen molar-refractivity contribution < 1.29 is 9.32 Å². The lowest BCUT2D eigenvalue weighted by Crippen LogP contribution is -2.32. The summed E-state index contributed by atoms with van der Waals surface area (Å²) in [6, 6.07) is 1.94. The van der Waals surface area contributed by atoms with Gasteiger partial charge in [-0.2, -0.15) is 0 Å². The summed E-state index contributed by atoms with van der Waals surface area (Å²) >= 11 is 0. The first kappa shape index (κ1) is 16.4. The fourth-order valence-electron chi connectivity index (χ4n) is 3.27. The minimum atomic E-state index is 0.00627. The number of nitrogens with one attached hydrogen (secondary N) is 1. The van der Waals surface area contributed by atoms with Crippen LogP contribution in [0.25, 0.3) is 0 Å². The number of rotatable bonds is 4. The van der Waals surface area contributed by atoms with Crippen molar-refractivity contribution in [3.8, 4) is 0 Å². The number of aryl methyl sites for hydroxylation is 3. The van der Waals surface area contributed by atoms with E-state index < -0.39 is 0 Å². The number of hydrogen-bond donors (Lipinski definition) is 1. The number of hydrogen-bond acceptors (Lipinski definition) is 6. The molecule has 7 nitrogen and oxygen atoms in total. The number of likely N-dealkylation sites (tertiary alicyclic amines) is 1. The first-order valence-corrected chi connectivity index (χ1v) is 8.24. The molecule has 1 atom stereocenters. The van der Waals surface area contributed by atoms with Crippen molar-refractivity contribution >= 4 is 11.7 Å². The third-order valence-corrected chi connectivity index (χ3v) is 4.54. The van der Waals surface area contributed by atoms with Crippen LogP contribution >= 0.6 is 0 Å². The highest BCUT2D eigenvalue weighted by Gasteiger charge is 2.32. The van der Waals surface area contributed by atoms with Crippen LogP contribution in [0.1, 0.15) is 47.4 Å². The zero-order valence-corrected chi connectivity index (χ0v) is 14.6. The van der Waals surface area contributed by atoms with E-state index in [1.165, 1.54) is 0 Å². The second-order valence-electron chi connectivity index (χ2n) is 6.20. The predicted molar refractivity (Wildman–Crippen MR) is 89.7 cm³/mol. The van der Waals surface area contributed by atoms with E-state index in [1.54, 1.807) is 0 Å². The zero-order valence-electron chi connectivity index (χ0n) is 14.6. The van der Waals surface area contributed by atoms with Gasteiger partial charge in [-0.05, 0) is 33.6 Å². The molecule has 1 aliphatic heterocycles. The standard InChI is InChI=1S/C17H23N5O2/c1-10-13(11(2)24-21-10)8-17(23)22-7-5-6-15(22)14-9-16(18-4)20-12(3)19-14/h9,15H,5-8H2,1-4H3,(H,18,19,20). The number of carbonyl (C=O) groups is 1. The molecule has 0 radical (unpaired) electrons. The molecule has 7 heteroatoms. The highest BCUT2D eigenvalue weighted by atomic mass is 16.5. The van der Waals surface area contributed by atoms with E-state index in [0.717, 1.165) is 42.2 Å². The summed E-state index contributed by atoms with van der Waals surface area (Å²) in [7, 11) is 1.83. The molecule has 1 aliphatic rings. The molecular weight excluding hydrogens is 306 g/mol. The van der Waals surface area contributed by atoms with Crippen molar-refractivity contribution in [3.63, 3.8) is 0 Å². The van der Waals surface area contributed by atoms with E-state index in [2.05, 4.69) is 20.4 Å². The number of anilines is 1. The molecule has 1 saturated heterocycles. The number of amides is 1. The first-order chi connectivity index (χ1) is 11.5. The van der Waals surface area contributed by atoms with Crippen LogP contribution in [0.15, 0.2) is 10.6 Å². The Morgan fingerprint density at radius 1 is 1.38 bits per heavy atom. The summed E-state index contributed by atoms with van der Waals surface area (Å²) in [5.74, 6) is 2.30. The maximum atomic E-state index is 12.8. The number of carbonyl (C=O) groups excluding carboxylic acids is 1. The van der Waals surface area contributed by atoms with Crippen LogP contribution in [0.3, 0.4) is 0 Å². The Morgan fingerprint density at radius 3 is 2.83 bits per heavy atom. The lowest BCUT2D eigenvalue weighted by molar-refractivity contribution is -0.131. The molecule has 128 valence electrons. The highest BCUT2D eigenvalue weighted by Crippen LogP contribution is 2.32. The minimum absolute atomic E-state index is 0.00627. The van der Waals surface area contributed by atoms with E-state index in [4.69, 9.17) is 4.52 Å². The van der Waals surface area contributed by atoms with Gasteiger partial charge in [0.25, 0.3) is 0 Å². The van der Waals surface area contributed by atoms with E-state index in [9.17, 15) is 4.79 Å². The van der Waals surface area contributed by atoms with Gasteiger partial charge in [0, 0.05) is 25.2 Å². The molecule has 2 aromatic rings. The average Bonchev–Trinajstić information content (AvgIpc) is 3.16.